The molecule has 0 bridgehead atoms. The molecule has 0 radical (unpaired) electrons. The number of hydrogen-bond donors (Lipinski definition) is 1. The topological polar surface area (TPSA) is 45.2 Å². The largest absolute Gasteiger partial charge is 0.373 e. The summed E-state index contributed by atoms with van der Waals surface area (Å²) in [5.74, 6) is 0.819. The first-order valence-corrected chi connectivity index (χ1v) is 7.09. The Morgan fingerprint density at radius 1 is 1.35 bits per heavy atom. The van der Waals surface area contributed by atoms with Gasteiger partial charge in [-0.15, -0.1) is 0 Å². The second-order valence-corrected chi connectivity index (χ2v) is 5.21. The molecule has 104 valence electrons. The van der Waals surface area contributed by atoms with Crippen LogP contribution in [0.25, 0.3) is 0 Å². The van der Waals surface area contributed by atoms with E-state index in [1.165, 1.54) is 0 Å². The number of rotatable bonds is 6. The summed E-state index contributed by atoms with van der Waals surface area (Å²) in [4.78, 5) is 17.3. The van der Waals surface area contributed by atoms with Crippen LogP contribution >= 0.6 is 15.9 Å². The van der Waals surface area contributed by atoms with Crippen molar-refractivity contribution in [2.75, 3.05) is 23.8 Å². The van der Waals surface area contributed by atoms with E-state index in [9.17, 15) is 4.79 Å². The second-order valence-electron chi connectivity index (χ2n) is 4.29. The van der Waals surface area contributed by atoms with Gasteiger partial charge in [0.2, 0.25) is 0 Å². The quantitative estimate of drug-likeness (QED) is 0.825. The number of aldehydes is 1. The summed E-state index contributed by atoms with van der Waals surface area (Å²) in [6, 6.07) is 11.9. The highest BCUT2D eigenvalue weighted by atomic mass is 79.9. The number of aromatic nitrogens is 1. The molecule has 0 saturated carbocycles. The molecule has 0 unspecified atom stereocenters. The van der Waals surface area contributed by atoms with Gasteiger partial charge >= 0.3 is 0 Å². The van der Waals surface area contributed by atoms with E-state index in [-0.39, 0.29) is 0 Å². The van der Waals surface area contributed by atoms with Crippen LogP contribution in [0.5, 0.6) is 0 Å². The van der Waals surface area contributed by atoms with Crippen LogP contribution in [0.15, 0.2) is 47.1 Å². The minimum Gasteiger partial charge on any atom is -0.373 e. The van der Waals surface area contributed by atoms with Gasteiger partial charge in [-0.3, -0.25) is 0 Å². The van der Waals surface area contributed by atoms with Gasteiger partial charge in [0.25, 0.3) is 0 Å². The van der Waals surface area contributed by atoms with Gasteiger partial charge in [-0.2, -0.15) is 0 Å². The minimum absolute atomic E-state index is 0.347. The third kappa shape index (κ3) is 3.57. The standard InChI is InChI=1S/C15H16BrN3O/c1-17-15-12(9-13(16)10-18-15)11-19(7-8-20)14-5-3-2-4-6-14/h2-6,8-10H,7,11H2,1H3,(H,17,18). The molecule has 20 heavy (non-hydrogen) atoms. The maximum Gasteiger partial charge on any atom is 0.139 e. The molecule has 5 heteroatoms. The molecule has 0 aliphatic carbocycles. The number of anilines is 2. The van der Waals surface area contributed by atoms with Crippen molar-refractivity contribution in [2.24, 2.45) is 0 Å². The van der Waals surface area contributed by atoms with E-state index >= 15 is 0 Å². The van der Waals surface area contributed by atoms with Crippen molar-refractivity contribution in [3.63, 3.8) is 0 Å². The Hall–Kier alpha value is -1.88. The molecule has 2 rings (SSSR count). The van der Waals surface area contributed by atoms with Crippen LogP contribution in [0.1, 0.15) is 5.56 Å². The van der Waals surface area contributed by atoms with E-state index in [1.807, 2.05) is 48.3 Å². The first-order valence-electron chi connectivity index (χ1n) is 6.30. The van der Waals surface area contributed by atoms with Crippen molar-refractivity contribution in [3.05, 3.63) is 52.6 Å². The van der Waals surface area contributed by atoms with Crippen molar-refractivity contribution in [3.8, 4) is 0 Å². The molecule has 1 heterocycles. The Balaban J connectivity index is 2.29. The third-order valence-electron chi connectivity index (χ3n) is 2.95. The van der Waals surface area contributed by atoms with E-state index < -0.39 is 0 Å². The molecule has 4 nitrogen and oxygen atoms in total. The summed E-state index contributed by atoms with van der Waals surface area (Å²) >= 11 is 3.43. The maximum absolute atomic E-state index is 10.9. The molecule has 1 aromatic heterocycles. The van der Waals surface area contributed by atoms with Crippen LogP contribution in [-0.4, -0.2) is 24.9 Å². The number of pyridine rings is 1. The lowest BCUT2D eigenvalue weighted by Gasteiger charge is -2.23. The fourth-order valence-electron chi connectivity index (χ4n) is 2.02. The monoisotopic (exact) mass is 333 g/mol. The molecule has 2 aromatic rings. The number of halogens is 1. The Labute approximate surface area is 127 Å². The van der Waals surface area contributed by atoms with E-state index in [0.717, 1.165) is 27.8 Å². The first kappa shape index (κ1) is 14.5. The smallest absolute Gasteiger partial charge is 0.139 e. The molecular formula is C15H16BrN3O. The number of carbonyl (C=O) groups is 1. The number of nitrogens with one attached hydrogen (secondary N) is 1. The highest BCUT2D eigenvalue weighted by molar-refractivity contribution is 9.10. The van der Waals surface area contributed by atoms with Crippen molar-refractivity contribution in [2.45, 2.75) is 6.54 Å². The summed E-state index contributed by atoms with van der Waals surface area (Å²) < 4.78 is 0.922. The molecular weight excluding hydrogens is 318 g/mol. The van der Waals surface area contributed by atoms with Crippen LogP contribution < -0.4 is 10.2 Å². The van der Waals surface area contributed by atoms with E-state index in [2.05, 4.69) is 26.2 Å². The number of para-hydroxylation sites is 1. The van der Waals surface area contributed by atoms with E-state index in [1.54, 1.807) is 6.20 Å². The number of benzene rings is 1. The van der Waals surface area contributed by atoms with Gasteiger partial charge in [0.15, 0.2) is 0 Å². The Morgan fingerprint density at radius 2 is 2.10 bits per heavy atom. The van der Waals surface area contributed by atoms with Gasteiger partial charge in [-0.1, -0.05) is 18.2 Å². The highest BCUT2D eigenvalue weighted by Gasteiger charge is 2.10. The van der Waals surface area contributed by atoms with Crippen molar-refractivity contribution < 1.29 is 4.79 Å². The molecule has 1 N–H and O–H groups in total. The third-order valence-corrected chi connectivity index (χ3v) is 3.38. The van der Waals surface area contributed by atoms with Gasteiger partial charge in [0.1, 0.15) is 12.1 Å². The number of nitrogens with zero attached hydrogens (tertiary/aromatic N) is 2. The molecule has 0 aliphatic heterocycles. The van der Waals surface area contributed by atoms with Gasteiger partial charge < -0.3 is 15.0 Å². The lowest BCUT2D eigenvalue weighted by Crippen LogP contribution is -2.25. The lowest BCUT2D eigenvalue weighted by atomic mass is 10.2. The molecule has 0 spiro atoms. The normalized spacial score (nSPS) is 10.1. The van der Waals surface area contributed by atoms with E-state index in [0.29, 0.717) is 13.1 Å². The van der Waals surface area contributed by atoms with E-state index in [4.69, 9.17) is 0 Å². The predicted molar refractivity (Wildman–Crippen MR) is 85.0 cm³/mol. The average Bonchev–Trinajstić information content (AvgIpc) is 2.48. The first-order chi connectivity index (χ1) is 9.74. The van der Waals surface area contributed by atoms with Crippen molar-refractivity contribution in [1.29, 1.82) is 0 Å². The fraction of sp³-hybridized carbons (Fsp3) is 0.200. The summed E-state index contributed by atoms with van der Waals surface area (Å²) in [5, 5.41) is 3.07. The summed E-state index contributed by atoms with van der Waals surface area (Å²) in [6.07, 6.45) is 2.67. The number of hydrogen-bond acceptors (Lipinski definition) is 4. The SMILES string of the molecule is CNc1ncc(Br)cc1CN(CC=O)c1ccccc1. The van der Waals surface area contributed by atoms with Crippen LogP contribution in [0, 0.1) is 0 Å². The minimum atomic E-state index is 0.347. The van der Waals surface area contributed by atoms with Crippen LogP contribution in [0.3, 0.4) is 0 Å². The molecule has 0 saturated heterocycles. The van der Waals surface area contributed by atoms with Crippen molar-refractivity contribution in [1.82, 2.24) is 4.98 Å². The second kappa shape index (κ2) is 7.05. The van der Waals surface area contributed by atoms with Crippen molar-refractivity contribution >= 4 is 33.7 Å². The van der Waals surface area contributed by atoms with Crippen LogP contribution in [0.2, 0.25) is 0 Å². The summed E-state index contributed by atoms with van der Waals surface area (Å²) in [7, 11) is 1.84. The molecule has 0 atom stereocenters. The summed E-state index contributed by atoms with van der Waals surface area (Å²) in [5.41, 5.74) is 2.05. The Morgan fingerprint density at radius 3 is 2.75 bits per heavy atom. The lowest BCUT2D eigenvalue weighted by molar-refractivity contribution is -0.106. The zero-order chi connectivity index (χ0) is 14.4. The molecule has 0 amide bonds. The molecule has 0 fully saturated rings. The van der Waals surface area contributed by atoms with Gasteiger partial charge in [-0.25, -0.2) is 4.98 Å². The Bertz CT molecular complexity index is 575. The number of carbonyl (C=O) groups excluding carboxylic acids is 1. The molecule has 1 aromatic carbocycles. The predicted octanol–water partition coefficient (Wildman–Crippen LogP) is 3.09. The van der Waals surface area contributed by atoms with Gasteiger partial charge in [0, 0.05) is 35.5 Å². The molecule has 0 aliphatic rings. The van der Waals surface area contributed by atoms with Crippen LogP contribution in [0.4, 0.5) is 11.5 Å². The zero-order valence-corrected chi connectivity index (χ0v) is 12.8. The summed E-state index contributed by atoms with van der Waals surface area (Å²) in [6.45, 7) is 0.963. The highest BCUT2D eigenvalue weighted by Crippen LogP contribution is 2.22. The van der Waals surface area contributed by atoms with Gasteiger partial charge in [0.05, 0.1) is 6.54 Å². The fourth-order valence-corrected chi connectivity index (χ4v) is 2.40. The average molecular weight is 334 g/mol. The van der Waals surface area contributed by atoms with Crippen LogP contribution in [-0.2, 0) is 11.3 Å². The zero-order valence-electron chi connectivity index (χ0n) is 11.2. The Kier molecular flexibility index (Phi) is 5.12. The maximum atomic E-state index is 10.9. The van der Waals surface area contributed by atoms with Gasteiger partial charge in [-0.05, 0) is 34.1 Å².